The molecule has 0 heterocycles. The minimum absolute atomic E-state index is 0.231. The maximum atomic E-state index is 6.18. The van der Waals surface area contributed by atoms with Crippen LogP contribution < -0.4 is 15.2 Å². The van der Waals surface area contributed by atoms with E-state index in [0.717, 1.165) is 24.3 Å². The lowest BCUT2D eigenvalue weighted by Gasteiger charge is -2.13. The normalized spacial score (nSPS) is 12.2. The minimum atomic E-state index is 0.231. The Balaban J connectivity index is 2.47. The first-order valence-electron chi connectivity index (χ1n) is 7.17. The molecule has 0 spiro atoms. The number of hydrogen-bond donors (Lipinski definition) is 1. The van der Waals surface area contributed by atoms with Crippen LogP contribution in [0.15, 0.2) is 18.2 Å². The largest absolute Gasteiger partial charge is 0.493 e. The summed E-state index contributed by atoms with van der Waals surface area (Å²) in [6, 6.07) is 6.26. The number of hydrogen-bond acceptors (Lipinski definition) is 3. The number of methoxy groups -OCH3 is 2. The van der Waals surface area contributed by atoms with Crippen LogP contribution in [0.4, 0.5) is 0 Å². The van der Waals surface area contributed by atoms with E-state index in [0.29, 0.717) is 0 Å². The van der Waals surface area contributed by atoms with E-state index >= 15 is 0 Å². The average molecular weight is 265 g/mol. The third-order valence-electron chi connectivity index (χ3n) is 3.37. The van der Waals surface area contributed by atoms with Crippen LogP contribution in [-0.4, -0.2) is 20.3 Å². The van der Waals surface area contributed by atoms with Gasteiger partial charge in [-0.3, -0.25) is 0 Å². The molecule has 1 aromatic rings. The summed E-state index contributed by atoms with van der Waals surface area (Å²) >= 11 is 0. The van der Waals surface area contributed by atoms with Crippen molar-refractivity contribution in [2.45, 2.75) is 51.5 Å². The van der Waals surface area contributed by atoms with Gasteiger partial charge in [-0.05, 0) is 30.5 Å². The third-order valence-corrected chi connectivity index (χ3v) is 3.37. The summed E-state index contributed by atoms with van der Waals surface area (Å²) in [4.78, 5) is 0. The fourth-order valence-corrected chi connectivity index (χ4v) is 2.25. The molecule has 0 saturated carbocycles. The molecule has 0 amide bonds. The van der Waals surface area contributed by atoms with Crippen molar-refractivity contribution in [1.29, 1.82) is 0 Å². The highest BCUT2D eigenvalue weighted by Gasteiger charge is 2.08. The highest BCUT2D eigenvalue weighted by atomic mass is 16.5. The van der Waals surface area contributed by atoms with E-state index in [2.05, 4.69) is 13.0 Å². The van der Waals surface area contributed by atoms with Gasteiger partial charge in [-0.15, -0.1) is 0 Å². The number of unbranched alkanes of at least 4 members (excludes halogenated alkanes) is 3. The summed E-state index contributed by atoms with van der Waals surface area (Å²) in [5, 5.41) is 0. The van der Waals surface area contributed by atoms with Crippen LogP contribution in [0.3, 0.4) is 0 Å². The Kier molecular flexibility index (Phi) is 7.34. The highest BCUT2D eigenvalue weighted by Crippen LogP contribution is 2.28. The lowest BCUT2D eigenvalue weighted by molar-refractivity contribution is 0.354. The van der Waals surface area contributed by atoms with Gasteiger partial charge in [0.1, 0.15) is 0 Å². The SMILES string of the molecule is CCCCCCC(N)Cc1ccc(OC)c(OC)c1. The van der Waals surface area contributed by atoms with Crippen LogP contribution in [0, 0.1) is 0 Å². The molecule has 19 heavy (non-hydrogen) atoms. The summed E-state index contributed by atoms with van der Waals surface area (Å²) in [5.74, 6) is 1.54. The van der Waals surface area contributed by atoms with E-state index in [-0.39, 0.29) is 6.04 Å². The van der Waals surface area contributed by atoms with Crippen LogP contribution in [0.1, 0.15) is 44.6 Å². The van der Waals surface area contributed by atoms with Gasteiger partial charge >= 0.3 is 0 Å². The number of benzene rings is 1. The van der Waals surface area contributed by atoms with Crippen molar-refractivity contribution >= 4 is 0 Å². The first-order valence-corrected chi connectivity index (χ1v) is 7.17. The van der Waals surface area contributed by atoms with Crippen molar-refractivity contribution in [2.75, 3.05) is 14.2 Å². The van der Waals surface area contributed by atoms with Crippen molar-refractivity contribution in [3.63, 3.8) is 0 Å². The summed E-state index contributed by atoms with van der Waals surface area (Å²) in [7, 11) is 3.31. The predicted molar refractivity (Wildman–Crippen MR) is 80.0 cm³/mol. The Labute approximate surface area is 117 Å². The standard InChI is InChI=1S/C16H27NO2/c1-4-5-6-7-8-14(17)11-13-9-10-15(18-2)16(12-13)19-3/h9-10,12,14H,4-8,11,17H2,1-3H3. The zero-order chi connectivity index (χ0) is 14.1. The Morgan fingerprint density at radius 1 is 1.05 bits per heavy atom. The van der Waals surface area contributed by atoms with Crippen molar-refractivity contribution in [2.24, 2.45) is 5.73 Å². The first kappa shape index (κ1) is 15.8. The van der Waals surface area contributed by atoms with Gasteiger partial charge in [-0.25, -0.2) is 0 Å². The Morgan fingerprint density at radius 3 is 2.42 bits per heavy atom. The monoisotopic (exact) mass is 265 g/mol. The Morgan fingerprint density at radius 2 is 1.79 bits per heavy atom. The van der Waals surface area contributed by atoms with E-state index in [9.17, 15) is 0 Å². The van der Waals surface area contributed by atoms with E-state index in [1.165, 1.54) is 31.2 Å². The number of rotatable bonds is 9. The smallest absolute Gasteiger partial charge is 0.160 e. The van der Waals surface area contributed by atoms with Gasteiger partial charge in [-0.1, -0.05) is 38.7 Å². The van der Waals surface area contributed by atoms with Gasteiger partial charge in [0.05, 0.1) is 14.2 Å². The van der Waals surface area contributed by atoms with E-state index in [4.69, 9.17) is 15.2 Å². The molecule has 0 bridgehead atoms. The molecule has 0 aromatic heterocycles. The van der Waals surface area contributed by atoms with Crippen LogP contribution in [-0.2, 0) is 6.42 Å². The molecule has 0 fully saturated rings. The third kappa shape index (κ3) is 5.52. The van der Waals surface area contributed by atoms with Crippen molar-refractivity contribution in [1.82, 2.24) is 0 Å². The van der Waals surface area contributed by atoms with Crippen LogP contribution in [0.5, 0.6) is 11.5 Å². The minimum Gasteiger partial charge on any atom is -0.493 e. The first-order chi connectivity index (χ1) is 9.21. The zero-order valence-electron chi connectivity index (χ0n) is 12.4. The van der Waals surface area contributed by atoms with Gasteiger partial charge in [0.15, 0.2) is 11.5 Å². The fraction of sp³-hybridized carbons (Fsp3) is 0.625. The fourth-order valence-electron chi connectivity index (χ4n) is 2.25. The van der Waals surface area contributed by atoms with Gasteiger partial charge in [0, 0.05) is 6.04 Å². The molecule has 1 rings (SSSR count). The number of nitrogens with two attached hydrogens (primary N) is 1. The van der Waals surface area contributed by atoms with Crippen LogP contribution in [0.25, 0.3) is 0 Å². The molecule has 108 valence electrons. The summed E-state index contributed by atoms with van der Waals surface area (Å²) < 4.78 is 10.5. The van der Waals surface area contributed by atoms with E-state index < -0.39 is 0 Å². The molecule has 3 nitrogen and oxygen atoms in total. The summed E-state index contributed by atoms with van der Waals surface area (Å²) in [6.07, 6.45) is 7.08. The quantitative estimate of drug-likeness (QED) is 0.694. The molecular formula is C16H27NO2. The van der Waals surface area contributed by atoms with Crippen molar-refractivity contribution in [3.8, 4) is 11.5 Å². The van der Waals surface area contributed by atoms with Crippen molar-refractivity contribution < 1.29 is 9.47 Å². The molecule has 0 aliphatic rings. The van der Waals surface area contributed by atoms with Gasteiger partial charge in [-0.2, -0.15) is 0 Å². The maximum Gasteiger partial charge on any atom is 0.160 e. The molecule has 1 unspecified atom stereocenters. The van der Waals surface area contributed by atoms with Gasteiger partial charge < -0.3 is 15.2 Å². The molecule has 0 aliphatic carbocycles. The maximum absolute atomic E-state index is 6.18. The highest BCUT2D eigenvalue weighted by molar-refractivity contribution is 5.43. The lowest BCUT2D eigenvalue weighted by atomic mass is 10.0. The molecule has 2 N–H and O–H groups in total. The molecule has 0 radical (unpaired) electrons. The second-order valence-corrected chi connectivity index (χ2v) is 5.00. The molecule has 1 atom stereocenters. The number of ether oxygens (including phenoxy) is 2. The topological polar surface area (TPSA) is 44.5 Å². The Hall–Kier alpha value is -1.22. The van der Waals surface area contributed by atoms with Gasteiger partial charge in [0.25, 0.3) is 0 Å². The molecule has 0 aliphatic heterocycles. The van der Waals surface area contributed by atoms with Crippen LogP contribution >= 0.6 is 0 Å². The second-order valence-electron chi connectivity index (χ2n) is 5.00. The van der Waals surface area contributed by atoms with Crippen LogP contribution in [0.2, 0.25) is 0 Å². The molecule has 0 saturated heterocycles. The van der Waals surface area contributed by atoms with Gasteiger partial charge in [0.2, 0.25) is 0 Å². The average Bonchev–Trinajstić information content (AvgIpc) is 2.43. The lowest BCUT2D eigenvalue weighted by Crippen LogP contribution is -2.22. The van der Waals surface area contributed by atoms with E-state index in [1.807, 2.05) is 12.1 Å². The zero-order valence-corrected chi connectivity index (χ0v) is 12.4. The van der Waals surface area contributed by atoms with E-state index in [1.54, 1.807) is 14.2 Å². The molecule has 1 aromatic carbocycles. The van der Waals surface area contributed by atoms with Crippen molar-refractivity contribution in [3.05, 3.63) is 23.8 Å². The summed E-state index contributed by atoms with van der Waals surface area (Å²) in [5.41, 5.74) is 7.39. The summed E-state index contributed by atoms with van der Waals surface area (Å²) in [6.45, 7) is 2.23. The molecular weight excluding hydrogens is 238 g/mol. The molecule has 3 heteroatoms. The predicted octanol–water partition coefficient (Wildman–Crippen LogP) is 3.54. The Bertz CT molecular complexity index is 366. The second kappa shape index (κ2) is 8.81.